The summed E-state index contributed by atoms with van der Waals surface area (Å²) in [6.45, 7) is 0. The quantitative estimate of drug-likeness (QED) is 0.399. The second-order valence-corrected chi connectivity index (χ2v) is 5.06. The van der Waals surface area contributed by atoms with Gasteiger partial charge in [0.2, 0.25) is 0 Å². The van der Waals surface area contributed by atoms with Crippen LogP contribution in [0, 0.1) is 0 Å². The monoisotopic (exact) mass is 309 g/mol. The first-order chi connectivity index (χ1) is 10.7. The van der Waals surface area contributed by atoms with Crippen molar-refractivity contribution in [3.8, 4) is 5.75 Å². The minimum atomic E-state index is -0.148. The second kappa shape index (κ2) is 6.41. The predicted octanol–water partition coefficient (Wildman–Crippen LogP) is 4.66. The maximum Gasteiger partial charge on any atom is 0.188 e. The number of nitrogens with zero attached hydrogens (tertiary/aromatic N) is 1. The van der Waals surface area contributed by atoms with E-state index in [9.17, 15) is 4.79 Å². The van der Waals surface area contributed by atoms with Gasteiger partial charge in [-0.15, -0.1) is 0 Å². The molecule has 0 atom stereocenters. The van der Waals surface area contributed by atoms with Crippen molar-refractivity contribution in [2.45, 2.75) is 0 Å². The number of fused-ring (bicyclic) bond motifs is 1. The molecule has 0 bridgehead atoms. The van der Waals surface area contributed by atoms with Gasteiger partial charge in [-0.2, -0.15) is 0 Å². The molecule has 3 nitrogen and oxygen atoms in total. The number of hydrogen-bond donors (Lipinski definition) is 0. The molecule has 0 fully saturated rings. The smallest absolute Gasteiger partial charge is 0.188 e. The lowest BCUT2D eigenvalue weighted by Crippen LogP contribution is -1.95. The average molecular weight is 310 g/mol. The third kappa shape index (κ3) is 3.15. The van der Waals surface area contributed by atoms with Gasteiger partial charge in [-0.3, -0.25) is 9.78 Å². The molecule has 108 valence electrons. The van der Waals surface area contributed by atoms with E-state index < -0.39 is 0 Å². The molecular formula is C18H12ClNO2. The van der Waals surface area contributed by atoms with Crippen LogP contribution in [0.25, 0.3) is 10.9 Å². The predicted molar refractivity (Wildman–Crippen MR) is 87.3 cm³/mol. The molecule has 3 rings (SSSR count). The molecule has 0 aliphatic carbocycles. The lowest BCUT2D eigenvalue weighted by atomic mass is 10.1. The van der Waals surface area contributed by atoms with Crippen LogP contribution in [0.15, 0.2) is 73.1 Å². The largest absolute Gasteiger partial charge is 0.463 e. The van der Waals surface area contributed by atoms with Crippen molar-refractivity contribution in [1.82, 2.24) is 4.98 Å². The molecule has 0 saturated carbocycles. The fourth-order valence-electron chi connectivity index (χ4n) is 2.05. The van der Waals surface area contributed by atoms with Gasteiger partial charge in [-0.25, -0.2) is 0 Å². The summed E-state index contributed by atoms with van der Waals surface area (Å²) in [4.78, 5) is 16.3. The molecule has 2 aromatic carbocycles. The van der Waals surface area contributed by atoms with Gasteiger partial charge in [0.25, 0.3) is 0 Å². The number of hydrogen-bond acceptors (Lipinski definition) is 3. The van der Waals surface area contributed by atoms with E-state index >= 15 is 0 Å². The average Bonchev–Trinajstić information content (AvgIpc) is 2.55. The molecular weight excluding hydrogens is 298 g/mol. The van der Waals surface area contributed by atoms with Crippen LogP contribution in [0.2, 0.25) is 5.02 Å². The molecule has 22 heavy (non-hydrogen) atoms. The standard InChI is InChI=1S/C18H12ClNO2/c19-15-8-6-13(7-9-15)16(21)10-12-22-17-5-1-3-14-4-2-11-20-18(14)17/h1-12H. The number of carbonyl (C=O) groups excluding carboxylic acids is 1. The van der Waals surface area contributed by atoms with Crippen LogP contribution in [0.1, 0.15) is 10.4 Å². The van der Waals surface area contributed by atoms with Crippen molar-refractivity contribution >= 4 is 28.3 Å². The second-order valence-electron chi connectivity index (χ2n) is 4.62. The van der Waals surface area contributed by atoms with Gasteiger partial charge in [0.05, 0.1) is 6.26 Å². The zero-order valence-electron chi connectivity index (χ0n) is 11.6. The summed E-state index contributed by atoms with van der Waals surface area (Å²) in [7, 11) is 0. The fourth-order valence-corrected chi connectivity index (χ4v) is 2.18. The molecule has 0 aliphatic heterocycles. The van der Waals surface area contributed by atoms with Crippen molar-refractivity contribution in [1.29, 1.82) is 0 Å². The van der Waals surface area contributed by atoms with E-state index in [1.165, 1.54) is 12.3 Å². The third-order valence-corrected chi connectivity index (χ3v) is 3.39. The van der Waals surface area contributed by atoms with E-state index in [0.717, 1.165) is 10.9 Å². The highest BCUT2D eigenvalue weighted by Gasteiger charge is 2.03. The zero-order chi connectivity index (χ0) is 15.4. The molecule has 0 spiro atoms. The van der Waals surface area contributed by atoms with Crippen LogP contribution in [0.5, 0.6) is 5.75 Å². The summed E-state index contributed by atoms with van der Waals surface area (Å²) in [5.74, 6) is 0.461. The van der Waals surface area contributed by atoms with Gasteiger partial charge < -0.3 is 4.74 Å². The molecule has 1 aromatic heterocycles. The van der Waals surface area contributed by atoms with Gasteiger partial charge in [-0.05, 0) is 36.4 Å². The Hall–Kier alpha value is -2.65. The lowest BCUT2D eigenvalue weighted by Gasteiger charge is -2.03. The van der Waals surface area contributed by atoms with Crippen molar-refractivity contribution in [3.63, 3.8) is 0 Å². The van der Waals surface area contributed by atoms with Crippen molar-refractivity contribution < 1.29 is 9.53 Å². The molecule has 4 heteroatoms. The summed E-state index contributed by atoms with van der Waals surface area (Å²) in [6.07, 6.45) is 4.46. The number of ketones is 1. The Morgan fingerprint density at radius 2 is 1.82 bits per heavy atom. The van der Waals surface area contributed by atoms with Crippen LogP contribution < -0.4 is 4.74 Å². The topological polar surface area (TPSA) is 39.2 Å². The fraction of sp³-hybridized carbons (Fsp3) is 0. The Balaban J connectivity index is 1.76. The van der Waals surface area contributed by atoms with Crippen molar-refractivity contribution in [3.05, 3.63) is 83.7 Å². The first-order valence-corrected chi connectivity index (χ1v) is 7.09. The Kier molecular flexibility index (Phi) is 4.17. The maximum atomic E-state index is 12.0. The number of allylic oxidation sites excluding steroid dienone is 1. The molecule has 1 heterocycles. The highest BCUT2D eigenvalue weighted by Crippen LogP contribution is 2.23. The minimum absolute atomic E-state index is 0.148. The number of para-hydroxylation sites is 1. The summed E-state index contributed by atoms with van der Waals surface area (Å²) in [5, 5.41) is 1.58. The minimum Gasteiger partial charge on any atom is -0.463 e. The molecule has 0 aliphatic rings. The third-order valence-electron chi connectivity index (χ3n) is 3.14. The molecule has 0 radical (unpaired) electrons. The summed E-state index contributed by atoms with van der Waals surface area (Å²) in [6, 6.07) is 16.2. The zero-order valence-corrected chi connectivity index (χ0v) is 12.3. The Morgan fingerprint density at radius 1 is 1.05 bits per heavy atom. The maximum absolute atomic E-state index is 12.0. The van der Waals surface area contributed by atoms with E-state index in [1.807, 2.05) is 30.3 Å². The van der Waals surface area contributed by atoms with E-state index in [1.54, 1.807) is 30.5 Å². The number of halogens is 1. The summed E-state index contributed by atoms with van der Waals surface area (Å²) < 4.78 is 5.55. The Morgan fingerprint density at radius 3 is 2.64 bits per heavy atom. The molecule has 0 saturated heterocycles. The van der Waals surface area contributed by atoms with Crippen LogP contribution >= 0.6 is 11.6 Å². The molecule has 3 aromatic rings. The lowest BCUT2D eigenvalue weighted by molar-refractivity contribution is 0.104. The number of aromatic nitrogens is 1. The van der Waals surface area contributed by atoms with Crippen molar-refractivity contribution in [2.24, 2.45) is 0 Å². The van der Waals surface area contributed by atoms with Gasteiger partial charge in [0.1, 0.15) is 5.52 Å². The number of rotatable bonds is 4. The van der Waals surface area contributed by atoms with Gasteiger partial charge in [0.15, 0.2) is 11.5 Å². The summed E-state index contributed by atoms with van der Waals surface area (Å²) in [5.41, 5.74) is 1.31. The Bertz CT molecular complexity index is 836. The van der Waals surface area contributed by atoms with E-state index in [0.29, 0.717) is 16.3 Å². The number of benzene rings is 2. The normalized spacial score (nSPS) is 11.0. The van der Waals surface area contributed by atoms with E-state index in [2.05, 4.69) is 4.98 Å². The first-order valence-electron chi connectivity index (χ1n) is 6.71. The summed E-state index contributed by atoms with van der Waals surface area (Å²) >= 11 is 5.80. The number of pyridine rings is 1. The van der Waals surface area contributed by atoms with E-state index in [-0.39, 0.29) is 5.78 Å². The number of ether oxygens (including phenoxy) is 1. The van der Waals surface area contributed by atoms with Crippen LogP contribution in [0.3, 0.4) is 0 Å². The van der Waals surface area contributed by atoms with Crippen molar-refractivity contribution in [2.75, 3.05) is 0 Å². The molecule has 0 N–H and O–H groups in total. The number of carbonyl (C=O) groups is 1. The highest BCUT2D eigenvalue weighted by molar-refractivity contribution is 6.30. The SMILES string of the molecule is O=C(C=COc1cccc2cccnc12)c1ccc(Cl)cc1. The molecule has 0 unspecified atom stereocenters. The molecule has 0 amide bonds. The van der Waals surface area contributed by atoms with Crippen LogP contribution in [-0.4, -0.2) is 10.8 Å². The van der Waals surface area contributed by atoms with E-state index in [4.69, 9.17) is 16.3 Å². The van der Waals surface area contributed by atoms with Gasteiger partial charge >= 0.3 is 0 Å². The van der Waals surface area contributed by atoms with Crippen LogP contribution in [-0.2, 0) is 0 Å². The van der Waals surface area contributed by atoms with Gasteiger partial charge in [0, 0.05) is 28.2 Å². The first kappa shape index (κ1) is 14.3. The Labute approximate surface area is 132 Å². The highest BCUT2D eigenvalue weighted by atomic mass is 35.5. The van der Waals surface area contributed by atoms with Gasteiger partial charge in [-0.1, -0.05) is 29.8 Å². The van der Waals surface area contributed by atoms with Crippen LogP contribution in [0.4, 0.5) is 0 Å².